The minimum Gasteiger partial charge on any atom is -0.305 e. The summed E-state index contributed by atoms with van der Waals surface area (Å²) in [6.45, 7) is 2.18. The summed E-state index contributed by atoms with van der Waals surface area (Å²) in [6, 6.07) is 14.9. The van der Waals surface area contributed by atoms with Crippen LogP contribution in [0.2, 0.25) is 5.02 Å². The number of anilines is 1. The summed E-state index contributed by atoms with van der Waals surface area (Å²) < 4.78 is 1.88. The quantitative estimate of drug-likeness (QED) is 0.611. The predicted octanol–water partition coefficient (Wildman–Crippen LogP) is 4.23. The Bertz CT molecular complexity index is 680. The van der Waals surface area contributed by atoms with Crippen LogP contribution in [0.1, 0.15) is 11.1 Å². The average Bonchev–Trinajstić information content (AvgIpc) is 2.50. The Morgan fingerprint density at radius 1 is 1.29 bits per heavy atom. The molecule has 0 radical (unpaired) electrons. The molecular formula is C16H13ClN2OS. The molecule has 2 aromatic rings. The number of aldehydes is 1. The fourth-order valence-corrected chi connectivity index (χ4v) is 2.95. The molecule has 21 heavy (non-hydrogen) atoms. The van der Waals surface area contributed by atoms with E-state index in [1.807, 2.05) is 41.6 Å². The van der Waals surface area contributed by atoms with Crippen LogP contribution in [0.5, 0.6) is 0 Å². The van der Waals surface area contributed by atoms with E-state index < -0.39 is 0 Å². The summed E-state index contributed by atoms with van der Waals surface area (Å²) in [5.41, 5.74) is 2.45. The van der Waals surface area contributed by atoms with Crippen LogP contribution in [0.3, 0.4) is 0 Å². The number of halogens is 1. The first-order valence-corrected chi connectivity index (χ1v) is 7.45. The van der Waals surface area contributed by atoms with Crippen LogP contribution in [-0.2, 0) is 4.79 Å². The van der Waals surface area contributed by atoms with Crippen LogP contribution in [0, 0.1) is 18.3 Å². The first-order chi connectivity index (χ1) is 10.2. The summed E-state index contributed by atoms with van der Waals surface area (Å²) in [6.07, 6.45) is 0.858. The van der Waals surface area contributed by atoms with Crippen molar-refractivity contribution in [3.05, 3.63) is 58.6 Å². The number of hydrogen-bond acceptors (Lipinski definition) is 4. The summed E-state index contributed by atoms with van der Waals surface area (Å²) in [4.78, 5) is 11.9. The van der Waals surface area contributed by atoms with Gasteiger partial charge in [0, 0.05) is 9.92 Å². The second-order valence-corrected chi connectivity index (χ2v) is 5.84. The van der Waals surface area contributed by atoms with Gasteiger partial charge in [0.1, 0.15) is 6.29 Å². The molecule has 0 N–H and O–H groups in total. The Labute approximate surface area is 133 Å². The van der Waals surface area contributed by atoms with Crippen molar-refractivity contribution in [2.24, 2.45) is 0 Å². The maximum atomic E-state index is 10.9. The molecule has 0 spiro atoms. The Kier molecular flexibility index (Phi) is 5.26. The maximum Gasteiger partial charge on any atom is 0.140 e. The van der Waals surface area contributed by atoms with Crippen molar-refractivity contribution in [2.75, 3.05) is 10.8 Å². The zero-order valence-corrected chi connectivity index (χ0v) is 13.0. The van der Waals surface area contributed by atoms with Crippen LogP contribution in [0.25, 0.3) is 0 Å². The van der Waals surface area contributed by atoms with E-state index in [1.165, 1.54) is 11.9 Å². The third kappa shape index (κ3) is 3.78. The second-order valence-electron chi connectivity index (χ2n) is 4.34. The zero-order valence-electron chi connectivity index (χ0n) is 11.4. The lowest BCUT2D eigenvalue weighted by Crippen LogP contribution is -2.17. The van der Waals surface area contributed by atoms with Crippen molar-refractivity contribution in [3.63, 3.8) is 0 Å². The molecule has 0 bridgehead atoms. The van der Waals surface area contributed by atoms with Gasteiger partial charge in [-0.3, -0.25) is 0 Å². The van der Waals surface area contributed by atoms with Gasteiger partial charge in [-0.2, -0.15) is 5.26 Å². The number of benzene rings is 2. The fourth-order valence-electron chi connectivity index (χ4n) is 1.84. The van der Waals surface area contributed by atoms with Crippen LogP contribution < -0.4 is 4.31 Å². The zero-order chi connectivity index (χ0) is 15.2. The summed E-state index contributed by atoms with van der Waals surface area (Å²) in [7, 11) is 0. The van der Waals surface area contributed by atoms with Gasteiger partial charge in [-0.1, -0.05) is 17.7 Å². The fraction of sp³-hybridized carbons (Fsp3) is 0.125. The molecule has 2 rings (SSSR count). The predicted molar refractivity (Wildman–Crippen MR) is 86.6 cm³/mol. The number of carbonyl (C=O) groups excluding carboxylic acids is 1. The molecule has 0 aliphatic rings. The highest BCUT2D eigenvalue weighted by atomic mass is 35.5. The van der Waals surface area contributed by atoms with E-state index in [2.05, 4.69) is 6.07 Å². The van der Waals surface area contributed by atoms with Crippen LogP contribution in [0.4, 0.5) is 5.69 Å². The molecule has 0 atom stereocenters. The topological polar surface area (TPSA) is 44.1 Å². The van der Waals surface area contributed by atoms with Crippen LogP contribution >= 0.6 is 23.5 Å². The molecule has 0 amide bonds. The number of nitriles is 1. The molecule has 3 nitrogen and oxygen atoms in total. The molecule has 0 saturated heterocycles. The van der Waals surface area contributed by atoms with Crippen molar-refractivity contribution in [1.29, 1.82) is 5.26 Å². The van der Waals surface area contributed by atoms with Crippen molar-refractivity contribution in [3.8, 4) is 6.07 Å². The molecule has 0 aromatic heterocycles. The Hall–Kier alpha value is -1.96. The van der Waals surface area contributed by atoms with Crippen molar-refractivity contribution >= 4 is 35.5 Å². The van der Waals surface area contributed by atoms with Crippen LogP contribution in [0.15, 0.2) is 47.4 Å². The number of rotatable bonds is 5. The Morgan fingerprint density at radius 3 is 2.62 bits per heavy atom. The minimum absolute atomic E-state index is 0.256. The van der Waals surface area contributed by atoms with E-state index >= 15 is 0 Å². The molecule has 2 aromatic carbocycles. The van der Waals surface area contributed by atoms with Gasteiger partial charge in [0.25, 0.3) is 0 Å². The largest absolute Gasteiger partial charge is 0.305 e. The van der Waals surface area contributed by atoms with E-state index in [4.69, 9.17) is 16.9 Å². The van der Waals surface area contributed by atoms with Gasteiger partial charge < -0.3 is 9.10 Å². The molecule has 106 valence electrons. The van der Waals surface area contributed by atoms with Gasteiger partial charge in [0.05, 0.1) is 23.9 Å². The van der Waals surface area contributed by atoms with Gasteiger partial charge in [-0.05, 0) is 60.8 Å². The van der Waals surface area contributed by atoms with Crippen molar-refractivity contribution in [2.45, 2.75) is 11.8 Å². The van der Waals surface area contributed by atoms with E-state index in [0.717, 1.165) is 22.4 Å². The SMILES string of the molecule is Cc1c(Cl)cccc1N(CC=O)Sc1ccc(C#N)cc1. The molecular weight excluding hydrogens is 304 g/mol. The lowest BCUT2D eigenvalue weighted by Gasteiger charge is -2.23. The average molecular weight is 317 g/mol. The van der Waals surface area contributed by atoms with Crippen molar-refractivity contribution < 1.29 is 4.79 Å². The lowest BCUT2D eigenvalue weighted by atomic mass is 10.2. The van der Waals surface area contributed by atoms with Gasteiger partial charge >= 0.3 is 0 Å². The molecule has 0 unspecified atom stereocenters. The third-order valence-electron chi connectivity index (χ3n) is 2.95. The van der Waals surface area contributed by atoms with E-state index in [0.29, 0.717) is 10.6 Å². The standard InChI is InChI=1S/C16H13ClN2OS/c1-12-15(17)3-2-4-16(12)19(9-10-20)21-14-7-5-13(11-18)6-8-14/h2-8,10H,9H2,1H3. The van der Waals surface area contributed by atoms with Crippen LogP contribution in [-0.4, -0.2) is 12.8 Å². The normalized spacial score (nSPS) is 9.95. The first-order valence-electron chi connectivity index (χ1n) is 6.30. The molecule has 0 fully saturated rings. The summed E-state index contributed by atoms with van der Waals surface area (Å²) in [5, 5.41) is 9.48. The number of carbonyl (C=O) groups is 1. The molecule has 0 aliphatic heterocycles. The smallest absolute Gasteiger partial charge is 0.140 e. The lowest BCUT2D eigenvalue weighted by molar-refractivity contribution is -0.106. The molecule has 5 heteroatoms. The van der Waals surface area contributed by atoms with Gasteiger partial charge in [0.2, 0.25) is 0 Å². The second kappa shape index (κ2) is 7.16. The highest BCUT2D eigenvalue weighted by molar-refractivity contribution is 8.00. The maximum absolute atomic E-state index is 10.9. The molecule has 0 saturated carbocycles. The minimum atomic E-state index is 0.256. The van der Waals surface area contributed by atoms with E-state index in [-0.39, 0.29) is 6.54 Å². The highest BCUT2D eigenvalue weighted by Gasteiger charge is 2.12. The molecule has 0 heterocycles. The monoisotopic (exact) mass is 316 g/mol. The van der Waals surface area contributed by atoms with Gasteiger partial charge in [-0.25, -0.2) is 0 Å². The Balaban J connectivity index is 2.28. The molecule has 0 aliphatic carbocycles. The summed E-state index contributed by atoms with van der Waals surface area (Å²) in [5.74, 6) is 0. The van der Waals surface area contributed by atoms with E-state index in [9.17, 15) is 4.79 Å². The first kappa shape index (κ1) is 15.4. The highest BCUT2D eigenvalue weighted by Crippen LogP contribution is 2.33. The van der Waals surface area contributed by atoms with E-state index in [1.54, 1.807) is 12.1 Å². The Morgan fingerprint density at radius 2 is 2.00 bits per heavy atom. The van der Waals surface area contributed by atoms with Gasteiger partial charge in [0.15, 0.2) is 0 Å². The summed E-state index contributed by atoms with van der Waals surface area (Å²) >= 11 is 7.58. The number of nitrogens with zero attached hydrogens (tertiary/aromatic N) is 2. The number of hydrogen-bond donors (Lipinski definition) is 0. The van der Waals surface area contributed by atoms with Crippen molar-refractivity contribution in [1.82, 2.24) is 0 Å². The third-order valence-corrected chi connectivity index (χ3v) is 4.41. The van der Waals surface area contributed by atoms with Gasteiger partial charge in [-0.15, -0.1) is 0 Å².